The van der Waals surface area contributed by atoms with Crippen molar-refractivity contribution < 1.29 is 22.7 Å². The maximum Gasteiger partial charge on any atom is 0.411 e. The van der Waals surface area contributed by atoms with Gasteiger partial charge < -0.3 is 10.1 Å². The summed E-state index contributed by atoms with van der Waals surface area (Å²) in [5, 5.41) is 7.11. The first-order valence-corrected chi connectivity index (χ1v) is 6.92. The first-order valence-electron chi connectivity index (χ1n) is 6.54. The number of nitrogens with zero attached hydrogens (tertiary/aromatic N) is 2. The molecular formula is C14H13ClF3N3O2. The molecule has 5 nitrogen and oxygen atoms in total. The van der Waals surface area contributed by atoms with E-state index in [9.17, 15) is 18.0 Å². The molecule has 2 aromatic rings. The molecule has 0 aliphatic heterocycles. The van der Waals surface area contributed by atoms with E-state index < -0.39 is 25.3 Å². The lowest BCUT2D eigenvalue weighted by Gasteiger charge is -2.10. The van der Waals surface area contributed by atoms with Crippen molar-refractivity contribution in [2.24, 2.45) is 0 Å². The highest BCUT2D eigenvalue weighted by atomic mass is 35.5. The SMILES string of the molecule is O=C(COCC(F)(F)F)Nc1ccnn1Cc1ccc(Cl)cc1. The third kappa shape index (κ3) is 5.91. The van der Waals surface area contributed by atoms with Crippen molar-refractivity contribution in [3.05, 3.63) is 47.1 Å². The number of aromatic nitrogens is 2. The van der Waals surface area contributed by atoms with Crippen LogP contribution in [0, 0.1) is 0 Å². The molecule has 0 unspecified atom stereocenters. The lowest BCUT2D eigenvalue weighted by Crippen LogP contribution is -2.25. The topological polar surface area (TPSA) is 56.1 Å². The van der Waals surface area contributed by atoms with Gasteiger partial charge in [-0.05, 0) is 17.7 Å². The van der Waals surface area contributed by atoms with Gasteiger partial charge in [-0.2, -0.15) is 18.3 Å². The molecule has 2 rings (SSSR count). The van der Waals surface area contributed by atoms with Crippen molar-refractivity contribution in [1.29, 1.82) is 0 Å². The Morgan fingerprint density at radius 2 is 1.96 bits per heavy atom. The van der Waals surface area contributed by atoms with Gasteiger partial charge in [-0.15, -0.1) is 0 Å². The molecule has 9 heteroatoms. The first kappa shape index (κ1) is 17.3. The molecule has 0 radical (unpaired) electrons. The summed E-state index contributed by atoms with van der Waals surface area (Å²) in [6, 6.07) is 8.61. The predicted octanol–water partition coefficient (Wildman–Crippen LogP) is 3.10. The number of halogens is 4. The van der Waals surface area contributed by atoms with Crippen LogP contribution < -0.4 is 5.32 Å². The van der Waals surface area contributed by atoms with Gasteiger partial charge in [0.05, 0.1) is 12.7 Å². The predicted molar refractivity (Wildman–Crippen MR) is 78.3 cm³/mol. The average molecular weight is 348 g/mol. The summed E-state index contributed by atoms with van der Waals surface area (Å²) >= 11 is 5.80. The van der Waals surface area contributed by atoms with E-state index in [2.05, 4.69) is 15.2 Å². The fourth-order valence-corrected chi connectivity index (χ4v) is 1.89. The van der Waals surface area contributed by atoms with Crippen LogP contribution in [-0.4, -0.2) is 35.1 Å². The zero-order chi connectivity index (χ0) is 16.9. The van der Waals surface area contributed by atoms with E-state index in [-0.39, 0.29) is 0 Å². The lowest BCUT2D eigenvalue weighted by atomic mass is 10.2. The number of hydrogen-bond acceptors (Lipinski definition) is 3. The largest absolute Gasteiger partial charge is 0.411 e. The summed E-state index contributed by atoms with van der Waals surface area (Å²) in [7, 11) is 0. The Morgan fingerprint density at radius 3 is 2.61 bits per heavy atom. The zero-order valence-electron chi connectivity index (χ0n) is 11.8. The minimum absolute atomic E-state index is 0.362. The molecular weight excluding hydrogens is 335 g/mol. The molecule has 0 atom stereocenters. The molecule has 0 saturated carbocycles. The fourth-order valence-electron chi connectivity index (χ4n) is 1.77. The molecule has 0 aliphatic rings. The third-order valence-corrected chi connectivity index (χ3v) is 2.98. The minimum Gasteiger partial charge on any atom is -0.362 e. The van der Waals surface area contributed by atoms with Crippen molar-refractivity contribution in [2.75, 3.05) is 18.5 Å². The molecule has 0 spiro atoms. The second kappa shape index (κ2) is 7.47. The van der Waals surface area contributed by atoms with Crippen LogP contribution in [0.5, 0.6) is 0 Å². The summed E-state index contributed by atoms with van der Waals surface area (Å²) in [4.78, 5) is 11.6. The van der Waals surface area contributed by atoms with Crippen LogP contribution in [0.25, 0.3) is 0 Å². The molecule has 124 valence electrons. The molecule has 1 heterocycles. The first-order chi connectivity index (χ1) is 10.8. The van der Waals surface area contributed by atoms with Crippen LogP contribution in [0.15, 0.2) is 36.5 Å². The average Bonchev–Trinajstić information content (AvgIpc) is 2.87. The van der Waals surface area contributed by atoms with Crippen molar-refractivity contribution in [3.8, 4) is 0 Å². The Kier molecular flexibility index (Phi) is 5.62. The Labute approximate surface area is 135 Å². The number of amides is 1. The molecule has 0 bridgehead atoms. The minimum atomic E-state index is -4.46. The number of benzene rings is 1. The van der Waals surface area contributed by atoms with Crippen LogP contribution in [0.1, 0.15) is 5.56 Å². The molecule has 0 fully saturated rings. The molecule has 1 amide bonds. The molecule has 0 aliphatic carbocycles. The van der Waals surface area contributed by atoms with Crippen molar-refractivity contribution in [1.82, 2.24) is 9.78 Å². The quantitative estimate of drug-likeness (QED) is 0.873. The van der Waals surface area contributed by atoms with Crippen LogP contribution in [0.2, 0.25) is 5.02 Å². The van der Waals surface area contributed by atoms with Crippen LogP contribution in [-0.2, 0) is 16.1 Å². The monoisotopic (exact) mass is 347 g/mol. The number of carbonyl (C=O) groups is 1. The van der Waals surface area contributed by atoms with Crippen molar-refractivity contribution >= 4 is 23.3 Å². The van der Waals surface area contributed by atoms with Crippen molar-refractivity contribution in [2.45, 2.75) is 12.7 Å². The normalized spacial score (nSPS) is 11.5. The van der Waals surface area contributed by atoms with E-state index >= 15 is 0 Å². The highest BCUT2D eigenvalue weighted by molar-refractivity contribution is 6.30. The van der Waals surface area contributed by atoms with Gasteiger partial charge in [-0.25, -0.2) is 4.68 Å². The summed E-state index contributed by atoms with van der Waals surface area (Å²) in [6.07, 6.45) is -2.99. The lowest BCUT2D eigenvalue weighted by molar-refractivity contribution is -0.174. The van der Waals surface area contributed by atoms with E-state index in [0.29, 0.717) is 17.4 Å². The summed E-state index contributed by atoms with van der Waals surface area (Å²) in [5.74, 6) is -0.326. The molecule has 1 aromatic heterocycles. The van der Waals surface area contributed by atoms with Gasteiger partial charge in [0, 0.05) is 11.1 Å². The number of rotatable bonds is 6. The van der Waals surface area contributed by atoms with Crippen LogP contribution >= 0.6 is 11.6 Å². The highest BCUT2D eigenvalue weighted by Gasteiger charge is 2.27. The van der Waals surface area contributed by atoms with Gasteiger partial charge in [0.25, 0.3) is 5.91 Å². The number of alkyl halides is 3. The van der Waals surface area contributed by atoms with Gasteiger partial charge in [0.15, 0.2) is 0 Å². The van der Waals surface area contributed by atoms with Gasteiger partial charge in [-0.1, -0.05) is 23.7 Å². The summed E-state index contributed by atoms with van der Waals surface area (Å²) in [6.45, 7) is -1.78. The number of nitrogens with one attached hydrogen (secondary N) is 1. The smallest absolute Gasteiger partial charge is 0.362 e. The van der Waals surface area contributed by atoms with Crippen molar-refractivity contribution in [3.63, 3.8) is 0 Å². The van der Waals surface area contributed by atoms with Gasteiger partial charge in [-0.3, -0.25) is 4.79 Å². The highest BCUT2D eigenvalue weighted by Crippen LogP contribution is 2.15. The van der Waals surface area contributed by atoms with Gasteiger partial charge in [0.2, 0.25) is 0 Å². The Morgan fingerprint density at radius 1 is 1.26 bits per heavy atom. The standard InChI is InChI=1S/C14H13ClF3N3O2/c15-11-3-1-10(2-4-11)7-21-12(5-6-19-21)20-13(22)8-23-9-14(16,17)18/h1-6H,7-9H2,(H,20,22). The van der Waals surface area contributed by atoms with Gasteiger partial charge in [0.1, 0.15) is 19.0 Å². The van der Waals surface area contributed by atoms with E-state index in [1.807, 2.05) is 12.1 Å². The second-order valence-electron chi connectivity index (χ2n) is 4.66. The summed E-state index contributed by atoms with van der Waals surface area (Å²) in [5.41, 5.74) is 0.905. The van der Waals surface area contributed by atoms with E-state index in [1.165, 1.54) is 16.9 Å². The van der Waals surface area contributed by atoms with E-state index in [0.717, 1.165) is 5.56 Å². The molecule has 0 saturated heterocycles. The number of anilines is 1. The maximum atomic E-state index is 11.9. The Hall–Kier alpha value is -2.06. The number of carbonyl (C=O) groups excluding carboxylic acids is 1. The maximum absolute atomic E-state index is 11.9. The van der Waals surface area contributed by atoms with E-state index in [1.54, 1.807) is 12.1 Å². The molecule has 23 heavy (non-hydrogen) atoms. The second-order valence-corrected chi connectivity index (χ2v) is 5.09. The molecule has 1 N–H and O–H groups in total. The molecule has 1 aromatic carbocycles. The van der Waals surface area contributed by atoms with E-state index in [4.69, 9.17) is 11.6 Å². The number of ether oxygens (including phenoxy) is 1. The Balaban J connectivity index is 1.90. The summed E-state index contributed by atoms with van der Waals surface area (Å²) < 4.78 is 41.6. The third-order valence-electron chi connectivity index (χ3n) is 2.73. The fraction of sp³-hybridized carbons (Fsp3) is 0.286. The van der Waals surface area contributed by atoms with Gasteiger partial charge >= 0.3 is 6.18 Å². The Bertz CT molecular complexity index is 656. The number of hydrogen-bond donors (Lipinski definition) is 1. The van der Waals surface area contributed by atoms with Crippen LogP contribution in [0.4, 0.5) is 19.0 Å². The zero-order valence-corrected chi connectivity index (χ0v) is 12.6. The van der Waals surface area contributed by atoms with Crippen LogP contribution in [0.3, 0.4) is 0 Å².